The van der Waals surface area contributed by atoms with E-state index in [9.17, 15) is 4.79 Å². The Balaban J connectivity index is 1.42. The van der Waals surface area contributed by atoms with E-state index in [4.69, 9.17) is 14.0 Å². The van der Waals surface area contributed by atoms with E-state index in [2.05, 4.69) is 22.3 Å². The predicted octanol–water partition coefficient (Wildman–Crippen LogP) is 4.44. The molecule has 0 radical (unpaired) electrons. The summed E-state index contributed by atoms with van der Waals surface area (Å²) in [6.45, 7) is 0.725. The summed E-state index contributed by atoms with van der Waals surface area (Å²) in [5.74, 6) is 2.34. The van der Waals surface area contributed by atoms with E-state index in [1.165, 1.54) is 5.56 Å². The van der Waals surface area contributed by atoms with Gasteiger partial charge in [0.25, 0.3) is 0 Å². The molecule has 3 aromatic rings. The zero-order valence-corrected chi connectivity index (χ0v) is 17.9. The molecule has 0 aliphatic carbocycles. The molecule has 1 aliphatic rings. The summed E-state index contributed by atoms with van der Waals surface area (Å²) < 4.78 is 16.2. The molecule has 1 atom stereocenters. The van der Waals surface area contributed by atoms with E-state index in [1.807, 2.05) is 41.3 Å². The van der Waals surface area contributed by atoms with Gasteiger partial charge in [-0.05, 0) is 49.4 Å². The van der Waals surface area contributed by atoms with Gasteiger partial charge in [0.05, 0.1) is 14.2 Å². The molecule has 0 N–H and O–H groups in total. The van der Waals surface area contributed by atoms with Crippen LogP contribution in [0.15, 0.2) is 53.1 Å². The van der Waals surface area contributed by atoms with Crippen molar-refractivity contribution >= 4 is 5.91 Å². The minimum atomic E-state index is -0.161. The van der Waals surface area contributed by atoms with Crippen molar-refractivity contribution < 1.29 is 18.8 Å². The third-order valence-corrected chi connectivity index (χ3v) is 5.64. The molecular formula is C24H27N3O4. The number of amides is 1. The maximum atomic E-state index is 12.9. The van der Waals surface area contributed by atoms with Crippen LogP contribution in [-0.4, -0.2) is 41.7 Å². The van der Waals surface area contributed by atoms with Crippen LogP contribution in [0.3, 0.4) is 0 Å². The highest BCUT2D eigenvalue weighted by atomic mass is 16.5. The second-order valence-electron chi connectivity index (χ2n) is 7.61. The molecule has 1 aromatic heterocycles. The summed E-state index contributed by atoms with van der Waals surface area (Å²) in [5, 5.41) is 4.14. The molecule has 0 spiro atoms. The first-order valence-corrected chi connectivity index (χ1v) is 10.6. The zero-order chi connectivity index (χ0) is 21.6. The van der Waals surface area contributed by atoms with Crippen LogP contribution in [0.25, 0.3) is 11.4 Å². The normalized spacial score (nSPS) is 15.8. The van der Waals surface area contributed by atoms with Gasteiger partial charge in [0.15, 0.2) is 11.5 Å². The van der Waals surface area contributed by atoms with Crippen molar-refractivity contribution in [2.75, 3.05) is 20.8 Å². The first-order valence-electron chi connectivity index (χ1n) is 10.6. The number of benzene rings is 2. The number of carbonyl (C=O) groups is 1. The molecular weight excluding hydrogens is 394 g/mol. The van der Waals surface area contributed by atoms with Gasteiger partial charge in [0.1, 0.15) is 6.04 Å². The fraction of sp³-hybridized carbons (Fsp3) is 0.375. The summed E-state index contributed by atoms with van der Waals surface area (Å²) >= 11 is 0. The second kappa shape index (κ2) is 9.64. The number of carbonyl (C=O) groups excluding carboxylic acids is 1. The van der Waals surface area contributed by atoms with E-state index >= 15 is 0 Å². The van der Waals surface area contributed by atoms with Crippen molar-refractivity contribution in [1.82, 2.24) is 15.0 Å². The topological polar surface area (TPSA) is 77.7 Å². The van der Waals surface area contributed by atoms with Crippen molar-refractivity contribution in [2.24, 2.45) is 0 Å². The Morgan fingerprint density at radius 2 is 1.94 bits per heavy atom. The molecule has 1 fully saturated rings. The average Bonchev–Trinajstić information content (AvgIpc) is 3.49. The van der Waals surface area contributed by atoms with Gasteiger partial charge in [-0.2, -0.15) is 4.98 Å². The molecule has 1 aliphatic heterocycles. The second-order valence-corrected chi connectivity index (χ2v) is 7.61. The number of hydrogen-bond donors (Lipinski definition) is 0. The van der Waals surface area contributed by atoms with Crippen molar-refractivity contribution in [1.29, 1.82) is 0 Å². The number of nitrogens with zero attached hydrogens (tertiary/aromatic N) is 3. The Kier molecular flexibility index (Phi) is 6.50. The van der Waals surface area contributed by atoms with E-state index < -0.39 is 0 Å². The SMILES string of the molecule is COc1ccc(-c2noc(C3CCCN3C(=O)CCCc3ccccc3)n2)cc1OC. The maximum Gasteiger partial charge on any atom is 0.249 e. The Morgan fingerprint density at radius 1 is 1.13 bits per heavy atom. The molecule has 1 amide bonds. The third-order valence-electron chi connectivity index (χ3n) is 5.64. The molecule has 0 bridgehead atoms. The monoisotopic (exact) mass is 421 g/mol. The lowest BCUT2D eigenvalue weighted by Crippen LogP contribution is -2.30. The Morgan fingerprint density at radius 3 is 2.71 bits per heavy atom. The zero-order valence-electron chi connectivity index (χ0n) is 17.9. The maximum absolute atomic E-state index is 12.9. The molecule has 0 saturated carbocycles. The van der Waals surface area contributed by atoms with Crippen LogP contribution in [0.1, 0.15) is 43.2 Å². The number of aryl methyl sites for hydroxylation is 1. The summed E-state index contributed by atoms with van der Waals surface area (Å²) in [4.78, 5) is 19.3. The number of methoxy groups -OCH3 is 2. The van der Waals surface area contributed by atoms with Crippen LogP contribution in [0.2, 0.25) is 0 Å². The van der Waals surface area contributed by atoms with Gasteiger partial charge in [0, 0.05) is 18.5 Å². The van der Waals surface area contributed by atoms with Gasteiger partial charge in [-0.25, -0.2) is 0 Å². The number of hydrogen-bond acceptors (Lipinski definition) is 6. The van der Waals surface area contributed by atoms with Crippen LogP contribution in [0.5, 0.6) is 11.5 Å². The van der Waals surface area contributed by atoms with E-state index in [1.54, 1.807) is 14.2 Å². The predicted molar refractivity (Wildman–Crippen MR) is 116 cm³/mol. The van der Waals surface area contributed by atoms with E-state index in [-0.39, 0.29) is 11.9 Å². The van der Waals surface area contributed by atoms with Crippen LogP contribution >= 0.6 is 0 Å². The highest BCUT2D eigenvalue weighted by Gasteiger charge is 2.33. The third kappa shape index (κ3) is 4.71. The molecule has 162 valence electrons. The summed E-state index contributed by atoms with van der Waals surface area (Å²) in [6.07, 6.45) is 4.01. The molecule has 2 aromatic carbocycles. The minimum Gasteiger partial charge on any atom is -0.493 e. The molecule has 1 unspecified atom stereocenters. The lowest BCUT2D eigenvalue weighted by molar-refractivity contribution is -0.132. The quantitative estimate of drug-likeness (QED) is 0.535. The fourth-order valence-corrected chi connectivity index (χ4v) is 4.02. The van der Waals surface area contributed by atoms with Crippen LogP contribution < -0.4 is 9.47 Å². The molecule has 4 rings (SSSR count). The lowest BCUT2D eigenvalue weighted by Gasteiger charge is -2.21. The van der Waals surface area contributed by atoms with Crippen LogP contribution in [-0.2, 0) is 11.2 Å². The number of likely N-dealkylation sites (tertiary alicyclic amines) is 1. The molecule has 31 heavy (non-hydrogen) atoms. The van der Waals surface area contributed by atoms with E-state index in [0.717, 1.165) is 37.8 Å². The van der Waals surface area contributed by atoms with Crippen molar-refractivity contribution in [2.45, 2.75) is 38.1 Å². The summed E-state index contributed by atoms with van der Waals surface area (Å²) in [6, 6.07) is 15.6. The van der Waals surface area contributed by atoms with E-state index in [0.29, 0.717) is 29.6 Å². The smallest absolute Gasteiger partial charge is 0.249 e. The first kappa shape index (κ1) is 20.9. The van der Waals surface area contributed by atoms with Gasteiger partial charge < -0.3 is 18.9 Å². The Bertz CT molecular complexity index is 1020. The molecule has 2 heterocycles. The standard InChI is InChI=1S/C24H27N3O4/c1-29-20-14-13-18(16-21(20)30-2)23-25-24(31-26-23)19-11-7-15-27(19)22(28)12-6-10-17-8-4-3-5-9-17/h3-5,8-9,13-14,16,19H,6-7,10-12,15H2,1-2H3. The van der Waals surface area contributed by atoms with Crippen LogP contribution in [0.4, 0.5) is 0 Å². The van der Waals surface area contributed by atoms with Gasteiger partial charge in [-0.15, -0.1) is 0 Å². The first-order chi connectivity index (χ1) is 15.2. The number of aromatic nitrogens is 2. The van der Waals surface area contributed by atoms with Gasteiger partial charge in [0.2, 0.25) is 17.6 Å². The van der Waals surface area contributed by atoms with Gasteiger partial charge in [-0.3, -0.25) is 4.79 Å². The average molecular weight is 421 g/mol. The fourth-order valence-electron chi connectivity index (χ4n) is 4.02. The molecule has 7 nitrogen and oxygen atoms in total. The van der Waals surface area contributed by atoms with Crippen molar-refractivity contribution in [3.8, 4) is 22.9 Å². The minimum absolute atomic E-state index is 0.143. The summed E-state index contributed by atoms with van der Waals surface area (Å²) in [5.41, 5.74) is 2.02. The molecule has 7 heteroatoms. The van der Waals surface area contributed by atoms with Gasteiger partial charge >= 0.3 is 0 Å². The van der Waals surface area contributed by atoms with Gasteiger partial charge in [-0.1, -0.05) is 35.5 Å². The van der Waals surface area contributed by atoms with Crippen molar-refractivity contribution in [3.63, 3.8) is 0 Å². The number of rotatable bonds is 8. The highest BCUT2D eigenvalue weighted by molar-refractivity contribution is 5.77. The molecule has 1 saturated heterocycles. The Hall–Kier alpha value is -3.35. The lowest BCUT2D eigenvalue weighted by atomic mass is 10.1. The largest absolute Gasteiger partial charge is 0.493 e. The van der Waals surface area contributed by atoms with Crippen LogP contribution in [0, 0.1) is 0 Å². The highest BCUT2D eigenvalue weighted by Crippen LogP contribution is 2.35. The summed E-state index contributed by atoms with van der Waals surface area (Å²) in [7, 11) is 3.18. The Labute approximate surface area is 182 Å². The van der Waals surface area contributed by atoms with Crippen molar-refractivity contribution in [3.05, 3.63) is 60.0 Å². The number of ether oxygens (including phenoxy) is 2.